The Bertz CT molecular complexity index is 550. The van der Waals surface area contributed by atoms with E-state index >= 15 is 0 Å². The summed E-state index contributed by atoms with van der Waals surface area (Å²) in [5.74, 6) is 0.868. The number of rotatable bonds is 5. The van der Waals surface area contributed by atoms with Gasteiger partial charge < -0.3 is 10.1 Å². The van der Waals surface area contributed by atoms with Crippen LogP contribution in [0.1, 0.15) is 36.5 Å². The summed E-state index contributed by atoms with van der Waals surface area (Å²) in [6, 6.07) is 2.31. The highest BCUT2D eigenvalue weighted by atomic mass is 35.5. The second kappa shape index (κ2) is 5.94. The van der Waals surface area contributed by atoms with Crippen LogP contribution in [-0.4, -0.2) is 23.9 Å². The van der Waals surface area contributed by atoms with Crippen LogP contribution in [0.2, 0.25) is 5.02 Å². The van der Waals surface area contributed by atoms with Crippen molar-refractivity contribution in [1.29, 1.82) is 0 Å². The third kappa shape index (κ3) is 2.78. The zero-order valence-electron chi connectivity index (χ0n) is 11.5. The van der Waals surface area contributed by atoms with Crippen molar-refractivity contribution >= 4 is 22.9 Å². The molecule has 1 atom stereocenters. The number of thiophene rings is 1. The summed E-state index contributed by atoms with van der Waals surface area (Å²) in [6.45, 7) is 4.18. The van der Waals surface area contributed by atoms with Gasteiger partial charge in [0.05, 0.1) is 30.1 Å². The Morgan fingerprint density at radius 3 is 2.74 bits per heavy atom. The summed E-state index contributed by atoms with van der Waals surface area (Å²) in [6.07, 6.45) is 1.70. The Labute approximate surface area is 122 Å². The van der Waals surface area contributed by atoms with Crippen molar-refractivity contribution in [1.82, 2.24) is 15.1 Å². The molecule has 0 aliphatic carbocycles. The van der Waals surface area contributed by atoms with Crippen LogP contribution < -0.4 is 10.1 Å². The highest BCUT2D eigenvalue weighted by molar-refractivity contribution is 7.10. The molecular formula is C13H18ClN3OS. The van der Waals surface area contributed by atoms with Gasteiger partial charge in [0.25, 0.3) is 0 Å². The average Bonchev–Trinajstić information content (AvgIpc) is 2.99. The molecule has 0 fully saturated rings. The maximum Gasteiger partial charge on any atom is 0.129 e. The van der Waals surface area contributed by atoms with Crippen molar-refractivity contribution in [3.8, 4) is 5.75 Å². The normalized spacial score (nSPS) is 12.9. The molecule has 1 N–H and O–H groups in total. The van der Waals surface area contributed by atoms with Crippen LogP contribution in [0.25, 0.3) is 0 Å². The zero-order chi connectivity index (χ0) is 14.0. The minimum absolute atomic E-state index is 0.0197. The Morgan fingerprint density at radius 2 is 2.21 bits per heavy atom. The standard InChI is InChI=1S/C13H18ClN3OS/c1-8(2)17-13(10(14)6-16-17)12(15-3)11-5-9(18-4)7-19-11/h5-8,12,15H,1-4H3. The van der Waals surface area contributed by atoms with Gasteiger partial charge in [-0.1, -0.05) is 11.6 Å². The van der Waals surface area contributed by atoms with E-state index in [0.29, 0.717) is 5.02 Å². The fourth-order valence-electron chi connectivity index (χ4n) is 2.04. The van der Waals surface area contributed by atoms with Crippen molar-refractivity contribution in [3.05, 3.63) is 33.2 Å². The van der Waals surface area contributed by atoms with Gasteiger partial charge in [-0.25, -0.2) is 0 Å². The van der Waals surface area contributed by atoms with Gasteiger partial charge in [0, 0.05) is 16.3 Å². The molecule has 0 saturated carbocycles. The second-order valence-electron chi connectivity index (χ2n) is 4.53. The van der Waals surface area contributed by atoms with E-state index in [-0.39, 0.29) is 12.1 Å². The predicted octanol–water partition coefficient (Wildman–Crippen LogP) is 3.50. The van der Waals surface area contributed by atoms with E-state index in [9.17, 15) is 0 Å². The van der Waals surface area contributed by atoms with Gasteiger partial charge in [-0.2, -0.15) is 5.10 Å². The number of hydrogen-bond donors (Lipinski definition) is 1. The first-order valence-corrected chi connectivity index (χ1v) is 7.36. The minimum atomic E-state index is 0.0197. The van der Waals surface area contributed by atoms with Crippen LogP contribution in [0, 0.1) is 0 Å². The van der Waals surface area contributed by atoms with Crippen LogP contribution in [0.4, 0.5) is 0 Å². The molecule has 0 amide bonds. The topological polar surface area (TPSA) is 39.1 Å². The Kier molecular flexibility index (Phi) is 4.50. The van der Waals surface area contributed by atoms with Crippen molar-refractivity contribution in [2.75, 3.05) is 14.2 Å². The summed E-state index contributed by atoms with van der Waals surface area (Å²) < 4.78 is 7.20. The fraction of sp³-hybridized carbons (Fsp3) is 0.462. The number of hydrogen-bond acceptors (Lipinski definition) is 4. The molecule has 19 heavy (non-hydrogen) atoms. The van der Waals surface area contributed by atoms with Gasteiger partial charge in [-0.15, -0.1) is 11.3 Å². The number of aromatic nitrogens is 2. The molecule has 0 bridgehead atoms. The lowest BCUT2D eigenvalue weighted by atomic mass is 10.1. The SMILES string of the molecule is CNC(c1cc(OC)cs1)c1c(Cl)cnn1C(C)C. The first-order chi connectivity index (χ1) is 9.08. The van der Waals surface area contributed by atoms with Gasteiger partial charge in [0.1, 0.15) is 5.75 Å². The third-order valence-electron chi connectivity index (χ3n) is 2.95. The maximum absolute atomic E-state index is 6.30. The van der Waals surface area contributed by atoms with E-state index in [1.165, 1.54) is 0 Å². The van der Waals surface area contributed by atoms with Crippen molar-refractivity contribution in [2.45, 2.75) is 25.9 Å². The van der Waals surface area contributed by atoms with Gasteiger partial charge >= 0.3 is 0 Å². The molecule has 2 aromatic heterocycles. The molecule has 1 unspecified atom stereocenters. The summed E-state index contributed by atoms with van der Waals surface area (Å²) in [4.78, 5) is 1.16. The van der Waals surface area contributed by atoms with Gasteiger partial charge in [-0.3, -0.25) is 4.68 Å². The second-order valence-corrected chi connectivity index (χ2v) is 5.88. The monoisotopic (exact) mass is 299 g/mol. The molecule has 2 heterocycles. The highest BCUT2D eigenvalue weighted by Crippen LogP contribution is 2.34. The van der Waals surface area contributed by atoms with E-state index in [2.05, 4.69) is 24.3 Å². The molecule has 2 aromatic rings. The van der Waals surface area contributed by atoms with Crippen LogP contribution in [0.3, 0.4) is 0 Å². The van der Waals surface area contributed by atoms with Crippen molar-refractivity contribution < 1.29 is 4.74 Å². The molecule has 6 heteroatoms. The summed E-state index contributed by atoms with van der Waals surface area (Å²) in [5.41, 5.74) is 0.990. The first kappa shape index (κ1) is 14.4. The van der Waals surface area contributed by atoms with E-state index in [1.54, 1.807) is 24.6 Å². The molecule has 0 radical (unpaired) electrons. The maximum atomic E-state index is 6.30. The van der Waals surface area contributed by atoms with Crippen molar-refractivity contribution in [3.63, 3.8) is 0 Å². The molecule has 0 spiro atoms. The average molecular weight is 300 g/mol. The molecule has 0 aromatic carbocycles. The van der Waals surface area contributed by atoms with Gasteiger partial charge in [0.15, 0.2) is 0 Å². The summed E-state index contributed by atoms with van der Waals surface area (Å²) >= 11 is 7.95. The van der Waals surface area contributed by atoms with Crippen LogP contribution in [0.15, 0.2) is 17.6 Å². The smallest absolute Gasteiger partial charge is 0.129 e. The van der Waals surface area contributed by atoms with Crippen LogP contribution in [-0.2, 0) is 0 Å². The molecule has 0 saturated heterocycles. The Balaban J connectivity index is 2.44. The van der Waals surface area contributed by atoms with E-state index < -0.39 is 0 Å². The van der Waals surface area contributed by atoms with Crippen LogP contribution >= 0.6 is 22.9 Å². The molecule has 4 nitrogen and oxygen atoms in total. The quantitative estimate of drug-likeness (QED) is 0.918. The molecule has 0 aliphatic rings. The Morgan fingerprint density at radius 1 is 1.47 bits per heavy atom. The predicted molar refractivity (Wildman–Crippen MR) is 79.4 cm³/mol. The van der Waals surface area contributed by atoms with Crippen LogP contribution in [0.5, 0.6) is 5.75 Å². The van der Waals surface area contributed by atoms with E-state index in [0.717, 1.165) is 16.3 Å². The zero-order valence-corrected chi connectivity index (χ0v) is 13.0. The number of ether oxygens (including phenoxy) is 1. The van der Waals surface area contributed by atoms with E-state index in [1.807, 2.05) is 23.2 Å². The first-order valence-electron chi connectivity index (χ1n) is 6.11. The minimum Gasteiger partial charge on any atom is -0.496 e. The van der Waals surface area contributed by atoms with Crippen molar-refractivity contribution in [2.24, 2.45) is 0 Å². The number of methoxy groups -OCH3 is 1. The number of nitrogens with zero attached hydrogens (tertiary/aromatic N) is 2. The lowest BCUT2D eigenvalue weighted by molar-refractivity contribution is 0.416. The summed E-state index contributed by atoms with van der Waals surface area (Å²) in [5, 5.41) is 10.3. The highest BCUT2D eigenvalue weighted by Gasteiger charge is 2.23. The summed E-state index contributed by atoms with van der Waals surface area (Å²) in [7, 11) is 3.59. The lowest BCUT2D eigenvalue weighted by Crippen LogP contribution is -2.22. The molecule has 0 aliphatic heterocycles. The fourth-order valence-corrected chi connectivity index (χ4v) is 3.24. The molecule has 104 valence electrons. The van der Waals surface area contributed by atoms with Gasteiger partial charge in [-0.05, 0) is 27.0 Å². The molecular weight excluding hydrogens is 282 g/mol. The Hall–Kier alpha value is -1.04. The third-order valence-corrected chi connectivity index (χ3v) is 4.22. The van der Waals surface area contributed by atoms with Gasteiger partial charge in [0.2, 0.25) is 0 Å². The number of halogens is 1. The largest absolute Gasteiger partial charge is 0.496 e. The number of nitrogens with one attached hydrogen (secondary N) is 1. The molecule has 2 rings (SSSR count). The lowest BCUT2D eigenvalue weighted by Gasteiger charge is -2.19. The van der Waals surface area contributed by atoms with E-state index in [4.69, 9.17) is 16.3 Å².